The van der Waals surface area contributed by atoms with Crippen LogP contribution in [0.25, 0.3) is 0 Å². The van der Waals surface area contributed by atoms with Gasteiger partial charge in [-0.05, 0) is 23.8 Å². The first kappa shape index (κ1) is 15.2. The Hall–Kier alpha value is -1.16. The minimum atomic E-state index is 0.434. The molecule has 1 aromatic heterocycles. The highest BCUT2D eigenvalue weighted by Crippen LogP contribution is 2.23. The summed E-state index contributed by atoms with van der Waals surface area (Å²) in [5.41, 5.74) is 2.04. The molecule has 0 aliphatic heterocycles. The molecule has 0 aliphatic carbocycles. The predicted octanol–water partition coefficient (Wildman–Crippen LogP) is 3.87. The largest absolute Gasteiger partial charge is 0.309 e. The van der Waals surface area contributed by atoms with Crippen LogP contribution >= 0.6 is 23.2 Å². The number of rotatable bonds is 5. The normalized spacial score (nSPS) is 11.1. The van der Waals surface area contributed by atoms with Crippen LogP contribution in [0.3, 0.4) is 0 Å². The number of nitrogens with one attached hydrogen (secondary N) is 1. The topological polar surface area (TPSA) is 37.8 Å². The molecule has 106 valence electrons. The van der Waals surface area contributed by atoms with Gasteiger partial charge in [0.1, 0.15) is 5.82 Å². The van der Waals surface area contributed by atoms with Gasteiger partial charge in [-0.25, -0.2) is 9.97 Å². The van der Waals surface area contributed by atoms with E-state index in [1.54, 1.807) is 12.3 Å². The molecule has 2 aromatic rings. The Balaban J connectivity index is 2.08. The summed E-state index contributed by atoms with van der Waals surface area (Å²) in [7, 11) is 0. The van der Waals surface area contributed by atoms with Crippen LogP contribution in [0.2, 0.25) is 10.0 Å². The van der Waals surface area contributed by atoms with Crippen LogP contribution in [0.4, 0.5) is 0 Å². The number of hydrogen-bond donors (Lipinski definition) is 1. The van der Waals surface area contributed by atoms with Crippen molar-refractivity contribution in [1.29, 1.82) is 0 Å². The van der Waals surface area contributed by atoms with Crippen molar-refractivity contribution in [3.63, 3.8) is 0 Å². The Bertz CT molecular complexity index is 585. The molecule has 0 saturated heterocycles. The van der Waals surface area contributed by atoms with Crippen LogP contribution in [-0.4, -0.2) is 16.0 Å². The smallest absolute Gasteiger partial charge is 0.132 e. The van der Waals surface area contributed by atoms with Crippen LogP contribution in [0.5, 0.6) is 0 Å². The highest BCUT2D eigenvalue weighted by Gasteiger charge is 2.04. The zero-order valence-corrected chi connectivity index (χ0v) is 13.0. The highest BCUT2D eigenvalue weighted by atomic mass is 35.5. The van der Waals surface area contributed by atoms with E-state index in [1.165, 1.54) is 0 Å². The van der Waals surface area contributed by atoms with Crippen LogP contribution in [0.15, 0.2) is 30.5 Å². The average Bonchev–Trinajstić information content (AvgIpc) is 2.41. The molecule has 1 aromatic carbocycles. The number of aromatic nitrogens is 2. The van der Waals surface area contributed by atoms with Gasteiger partial charge in [-0.2, -0.15) is 0 Å². The number of hydrogen-bond acceptors (Lipinski definition) is 3. The van der Waals surface area contributed by atoms with Gasteiger partial charge in [-0.15, -0.1) is 0 Å². The lowest BCUT2D eigenvalue weighted by atomic mass is 10.1. The van der Waals surface area contributed by atoms with Gasteiger partial charge in [-0.1, -0.05) is 43.1 Å². The van der Waals surface area contributed by atoms with E-state index in [4.69, 9.17) is 23.2 Å². The van der Waals surface area contributed by atoms with Crippen LogP contribution in [0.1, 0.15) is 30.9 Å². The quantitative estimate of drug-likeness (QED) is 0.911. The predicted molar refractivity (Wildman–Crippen MR) is 83.3 cm³/mol. The summed E-state index contributed by atoms with van der Waals surface area (Å²) in [5, 5.41) is 4.46. The Morgan fingerprint density at radius 1 is 1.15 bits per heavy atom. The third-order valence-corrected chi connectivity index (χ3v) is 3.54. The third kappa shape index (κ3) is 4.44. The second kappa shape index (κ2) is 7.02. The molecule has 0 unspecified atom stereocenters. The lowest BCUT2D eigenvalue weighted by Gasteiger charge is -2.08. The maximum Gasteiger partial charge on any atom is 0.132 e. The molecule has 0 radical (unpaired) electrons. The molecule has 3 nitrogen and oxygen atoms in total. The van der Waals surface area contributed by atoms with Gasteiger partial charge in [0.05, 0.1) is 15.7 Å². The highest BCUT2D eigenvalue weighted by molar-refractivity contribution is 6.42. The van der Waals surface area contributed by atoms with Gasteiger partial charge in [0, 0.05) is 25.2 Å². The number of benzene rings is 1. The van der Waals surface area contributed by atoms with Gasteiger partial charge in [0.15, 0.2) is 0 Å². The summed E-state index contributed by atoms with van der Waals surface area (Å²) < 4.78 is 0. The van der Waals surface area contributed by atoms with Crippen molar-refractivity contribution in [2.45, 2.75) is 32.9 Å². The molecule has 0 amide bonds. The Labute approximate surface area is 129 Å². The van der Waals surface area contributed by atoms with Gasteiger partial charge in [-0.3, -0.25) is 0 Å². The first-order valence-electron chi connectivity index (χ1n) is 6.52. The zero-order chi connectivity index (χ0) is 14.5. The summed E-state index contributed by atoms with van der Waals surface area (Å²) in [6.45, 7) is 4.96. The first-order chi connectivity index (χ1) is 9.54. The maximum atomic E-state index is 6.01. The van der Waals surface area contributed by atoms with Crippen LogP contribution < -0.4 is 5.32 Å². The molecule has 0 bridgehead atoms. The van der Waals surface area contributed by atoms with Gasteiger partial charge in [0.2, 0.25) is 0 Å². The Morgan fingerprint density at radius 2 is 1.95 bits per heavy atom. The number of nitrogens with zero attached hydrogens (tertiary/aromatic N) is 2. The molecule has 0 fully saturated rings. The molecule has 1 N–H and O–H groups in total. The lowest BCUT2D eigenvalue weighted by Crippen LogP contribution is -2.22. The second-order valence-corrected chi connectivity index (χ2v) is 5.74. The molecular formula is C15H17Cl2N3. The monoisotopic (exact) mass is 309 g/mol. The van der Waals surface area contributed by atoms with E-state index in [0.29, 0.717) is 22.5 Å². The van der Waals surface area contributed by atoms with E-state index in [0.717, 1.165) is 23.6 Å². The maximum absolute atomic E-state index is 6.01. The molecular weight excluding hydrogens is 293 g/mol. The standard InChI is InChI=1S/C15H17Cl2N3/c1-10(2)19-9-12-5-6-18-15(20-12)8-11-3-4-13(16)14(17)7-11/h3-7,10,19H,8-9H2,1-2H3. The summed E-state index contributed by atoms with van der Waals surface area (Å²) >= 11 is 11.9. The SMILES string of the molecule is CC(C)NCc1ccnc(Cc2ccc(Cl)c(Cl)c2)n1. The minimum Gasteiger partial charge on any atom is -0.309 e. The minimum absolute atomic E-state index is 0.434. The summed E-state index contributed by atoms with van der Waals surface area (Å²) in [5.74, 6) is 0.784. The van der Waals surface area contributed by atoms with E-state index < -0.39 is 0 Å². The lowest BCUT2D eigenvalue weighted by molar-refractivity contribution is 0.579. The fraction of sp³-hybridized carbons (Fsp3) is 0.333. The van der Waals surface area contributed by atoms with Crippen molar-refractivity contribution in [3.05, 3.63) is 57.6 Å². The average molecular weight is 310 g/mol. The number of halogens is 2. The van der Waals surface area contributed by atoms with Gasteiger partial charge < -0.3 is 5.32 Å². The van der Waals surface area contributed by atoms with Crippen molar-refractivity contribution >= 4 is 23.2 Å². The van der Waals surface area contributed by atoms with Crippen molar-refractivity contribution in [1.82, 2.24) is 15.3 Å². The third-order valence-electron chi connectivity index (χ3n) is 2.80. The molecule has 0 atom stereocenters. The molecule has 0 saturated carbocycles. The zero-order valence-electron chi connectivity index (χ0n) is 11.5. The Morgan fingerprint density at radius 3 is 2.65 bits per heavy atom. The van der Waals surface area contributed by atoms with Gasteiger partial charge in [0.25, 0.3) is 0 Å². The Kier molecular flexibility index (Phi) is 5.35. The van der Waals surface area contributed by atoms with Crippen molar-refractivity contribution < 1.29 is 0 Å². The van der Waals surface area contributed by atoms with Crippen molar-refractivity contribution in [2.75, 3.05) is 0 Å². The summed E-state index contributed by atoms with van der Waals surface area (Å²) in [6, 6.07) is 7.95. The van der Waals surface area contributed by atoms with Crippen molar-refractivity contribution in [3.8, 4) is 0 Å². The van der Waals surface area contributed by atoms with Crippen molar-refractivity contribution in [2.24, 2.45) is 0 Å². The fourth-order valence-electron chi connectivity index (χ4n) is 1.77. The van der Waals surface area contributed by atoms with Crippen LogP contribution in [0, 0.1) is 0 Å². The van der Waals surface area contributed by atoms with Crippen LogP contribution in [-0.2, 0) is 13.0 Å². The molecule has 20 heavy (non-hydrogen) atoms. The molecule has 0 spiro atoms. The van der Waals surface area contributed by atoms with E-state index in [2.05, 4.69) is 29.1 Å². The van der Waals surface area contributed by atoms with E-state index >= 15 is 0 Å². The van der Waals surface area contributed by atoms with E-state index in [-0.39, 0.29) is 0 Å². The van der Waals surface area contributed by atoms with Gasteiger partial charge >= 0.3 is 0 Å². The summed E-state index contributed by atoms with van der Waals surface area (Å²) in [6.07, 6.45) is 2.43. The van der Waals surface area contributed by atoms with E-state index in [9.17, 15) is 0 Å². The second-order valence-electron chi connectivity index (χ2n) is 4.93. The molecule has 1 heterocycles. The van der Waals surface area contributed by atoms with E-state index in [1.807, 2.05) is 18.2 Å². The fourth-order valence-corrected chi connectivity index (χ4v) is 2.09. The molecule has 5 heteroatoms. The molecule has 2 rings (SSSR count). The first-order valence-corrected chi connectivity index (χ1v) is 7.28. The summed E-state index contributed by atoms with van der Waals surface area (Å²) in [4.78, 5) is 8.84. The molecule has 0 aliphatic rings.